The van der Waals surface area contributed by atoms with Gasteiger partial charge in [0.15, 0.2) is 0 Å². The molecule has 5 nitrogen and oxygen atoms in total. The normalized spacial score (nSPS) is 31.6. The SMILES string of the molecule is O=C(CC1CCNCC1)N1C[C@H]2C[C@@H](Oc3cccc(Cl)c3)[C@H](O)C[C@H]2C1. The van der Waals surface area contributed by atoms with Crippen molar-refractivity contribution in [2.24, 2.45) is 17.8 Å². The highest BCUT2D eigenvalue weighted by Gasteiger charge is 2.44. The van der Waals surface area contributed by atoms with Crippen LogP contribution in [0.3, 0.4) is 0 Å². The monoisotopic (exact) mass is 392 g/mol. The van der Waals surface area contributed by atoms with E-state index in [1.165, 1.54) is 0 Å². The Morgan fingerprint density at radius 3 is 2.70 bits per heavy atom. The summed E-state index contributed by atoms with van der Waals surface area (Å²) in [5.74, 6) is 2.30. The van der Waals surface area contributed by atoms with Crippen LogP contribution in [0.25, 0.3) is 0 Å². The molecular formula is C21H29ClN2O3. The first kappa shape index (κ1) is 19.0. The van der Waals surface area contributed by atoms with Gasteiger partial charge in [0.05, 0.1) is 6.10 Å². The van der Waals surface area contributed by atoms with Crippen molar-refractivity contribution in [1.29, 1.82) is 0 Å². The van der Waals surface area contributed by atoms with Crippen LogP contribution in [-0.2, 0) is 4.79 Å². The Morgan fingerprint density at radius 1 is 1.22 bits per heavy atom. The van der Waals surface area contributed by atoms with Gasteiger partial charge in [-0.3, -0.25) is 4.79 Å². The minimum atomic E-state index is -0.496. The van der Waals surface area contributed by atoms with E-state index < -0.39 is 6.10 Å². The van der Waals surface area contributed by atoms with Crippen LogP contribution in [0.2, 0.25) is 5.02 Å². The van der Waals surface area contributed by atoms with Gasteiger partial charge in [-0.15, -0.1) is 0 Å². The molecule has 3 fully saturated rings. The summed E-state index contributed by atoms with van der Waals surface area (Å²) in [5, 5.41) is 14.6. The van der Waals surface area contributed by atoms with Crippen LogP contribution in [0, 0.1) is 17.8 Å². The zero-order valence-electron chi connectivity index (χ0n) is 15.6. The van der Waals surface area contributed by atoms with Gasteiger partial charge in [-0.05, 0) is 74.7 Å². The number of carbonyl (C=O) groups excluding carboxylic acids is 1. The van der Waals surface area contributed by atoms with E-state index in [-0.39, 0.29) is 12.0 Å². The number of nitrogens with zero attached hydrogens (tertiary/aromatic N) is 1. The Morgan fingerprint density at radius 2 is 1.96 bits per heavy atom. The number of rotatable bonds is 4. The molecule has 1 saturated carbocycles. The van der Waals surface area contributed by atoms with Gasteiger partial charge in [-0.2, -0.15) is 0 Å². The predicted octanol–water partition coefficient (Wildman–Crippen LogP) is 2.71. The number of aliphatic hydroxyl groups excluding tert-OH is 1. The molecular weight excluding hydrogens is 364 g/mol. The molecule has 1 aliphatic carbocycles. The minimum Gasteiger partial charge on any atom is -0.488 e. The number of aliphatic hydroxyl groups is 1. The molecule has 1 aromatic rings. The molecule has 6 heteroatoms. The summed E-state index contributed by atoms with van der Waals surface area (Å²) in [4.78, 5) is 14.8. The van der Waals surface area contributed by atoms with Crippen molar-refractivity contribution in [2.45, 2.75) is 44.3 Å². The van der Waals surface area contributed by atoms with Crippen molar-refractivity contribution in [1.82, 2.24) is 10.2 Å². The molecule has 27 heavy (non-hydrogen) atoms. The third kappa shape index (κ3) is 4.58. The van der Waals surface area contributed by atoms with Crippen molar-refractivity contribution in [3.8, 4) is 5.75 Å². The molecule has 2 aliphatic heterocycles. The van der Waals surface area contributed by atoms with Crippen LogP contribution >= 0.6 is 11.6 Å². The zero-order chi connectivity index (χ0) is 18.8. The summed E-state index contributed by atoms with van der Waals surface area (Å²) < 4.78 is 6.03. The lowest BCUT2D eigenvalue weighted by Gasteiger charge is -2.35. The third-order valence-electron chi connectivity index (χ3n) is 6.44. The summed E-state index contributed by atoms with van der Waals surface area (Å²) in [7, 11) is 0. The second-order valence-corrected chi connectivity index (χ2v) is 8.81. The number of nitrogens with one attached hydrogen (secondary N) is 1. The summed E-state index contributed by atoms with van der Waals surface area (Å²) in [6.45, 7) is 3.64. The van der Waals surface area contributed by atoms with Crippen molar-refractivity contribution in [3.63, 3.8) is 0 Å². The molecule has 1 aromatic carbocycles. The van der Waals surface area contributed by atoms with Gasteiger partial charge in [-0.25, -0.2) is 0 Å². The van der Waals surface area contributed by atoms with E-state index in [1.54, 1.807) is 6.07 Å². The standard InChI is InChI=1S/C21H29ClN2O3/c22-17-2-1-3-18(11-17)27-20-10-16-13-24(12-15(16)9-19(20)25)21(26)8-14-4-6-23-7-5-14/h1-3,11,14-16,19-20,23,25H,4-10,12-13H2/t15-,16+,19+,20+/m0/s1. The average molecular weight is 393 g/mol. The molecule has 0 radical (unpaired) electrons. The second kappa shape index (κ2) is 8.38. The first-order valence-electron chi connectivity index (χ1n) is 10.2. The summed E-state index contributed by atoms with van der Waals surface area (Å²) in [6.07, 6.45) is 3.63. The summed E-state index contributed by atoms with van der Waals surface area (Å²) >= 11 is 6.03. The van der Waals surface area contributed by atoms with Crippen LogP contribution in [0.1, 0.15) is 32.1 Å². The first-order chi connectivity index (χ1) is 13.1. The van der Waals surface area contributed by atoms with Crippen molar-refractivity contribution < 1.29 is 14.6 Å². The van der Waals surface area contributed by atoms with Gasteiger partial charge in [0.2, 0.25) is 5.91 Å². The van der Waals surface area contributed by atoms with E-state index in [1.807, 2.05) is 23.1 Å². The fourth-order valence-corrected chi connectivity index (χ4v) is 5.08. The lowest BCUT2D eigenvalue weighted by Crippen LogP contribution is -2.42. The predicted molar refractivity (Wildman–Crippen MR) is 105 cm³/mol. The van der Waals surface area contributed by atoms with E-state index >= 15 is 0 Å². The third-order valence-corrected chi connectivity index (χ3v) is 6.68. The lowest BCUT2D eigenvalue weighted by atomic mass is 9.78. The van der Waals surface area contributed by atoms with E-state index in [4.69, 9.17) is 16.3 Å². The van der Waals surface area contributed by atoms with Crippen LogP contribution in [-0.4, -0.2) is 54.3 Å². The van der Waals surface area contributed by atoms with Gasteiger partial charge in [0.25, 0.3) is 0 Å². The topological polar surface area (TPSA) is 61.8 Å². The number of benzene rings is 1. The van der Waals surface area contributed by atoms with Crippen molar-refractivity contribution in [2.75, 3.05) is 26.2 Å². The number of likely N-dealkylation sites (tertiary alicyclic amines) is 1. The molecule has 1 amide bonds. The Bertz CT molecular complexity index is 665. The number of piperidine rings is 1. The van der Waals surface area contributed by atoms with E-state index in [0.29, 0.717) is 41.4 Å². The fourth-order valence-electron chi connectivity index (χ4n) is 4.90. The Kier molecular flexibility index (Phi) is 5.90. The smallest absolute Gasteiger partial charge is 0.222 e. The second-order valence-electron chi connectivity index (χ2n) is 8.37. The van der Waals surface area contributed by atoms with Gasteiger partial charge in [-0.1, -0.05) is 17.7 Å². The van der Waals surface area contributed by atoms with Gasteiger partial charge < -0.3 is 20.1 Å². The van der Waals surface area contributed by atoms with Crippen LogP contribution in [0.4, 0.5) is 0 Å². The molecule has 148 valence electrons. The fraction of sp³-hybridized carbons (Fsp3) is 0.667. The Hall–Kier alpha value is -1.30. The molecule has 2 N–H and O–H groups in total. The molecule has 0 spiro atoms. The number of ether oxygens (including phenoxy) is 1. The Balaban J connectivity index is 1.33. The zero-order valence-corrected chi connectivity index (χ0v) is 16.4. The van der Waals surface area contributed by atoms with Crippen LogP contribution < -0.4 is 10.1 Å². The number of hydrogen-bond acceptors (Lipinski definition) is 4. The van der Waals surface area contributed by atoms with Gasteiger partial charge >= 0.3 is 0 Å². The molecule has 0 aromatic heterocycles. The maximum atomic E-state index is 12.7. The molecule has 2 heterocycles. The average Bonchev–Trinajstić information content (AvgIpc) is 3.06. The highest BCUT2D eigenvalue weighted by molar-refractivity contribution is 6.30. The molecule has 0 bridgehead atoms. The van der Waals surface area contributed by atoms with Crippen molar-refractivity contribution in [3.05, 3.63) is 29.3 Å². The highest BCUT2D eigenvalue weighted by Crippen LogP contribution is 2.38. The van der Waals surface area contributed by atoms with Crippen molar-refractivity contribution >= 4 is 17.5 Å². The van der Waals surface area contributed by atoms with E-state index in [0.717, 1.165) is 45.4 Å². The molecule has 3 aliphatic rings. The molecule has 4 atom stereocenters. The molecule has 0 unspecified atom stereocenters. The lowest BCUT2D eigenvalue weighted by molar-refractivity contribution is -0.131. The maximum absolute atomic E-state index is 12.7. The number of amides is 1. The first-order valence-corrected chi connectivity index (χ1v) is 10.5. The summed E-state index contributed by atoms with van der Waals surface area (Å²) in [5.41, 5.74) is 0. The van der Waals surface area contributed by atoms with Crippen LogP contribution in [0.5, 0.6) is 5.75 Å². The number of halogens is 1. The summed E-state index contributed by atoms with van der Waals surface area (Å²) in [6, 6.07) is 7.31. The van der Waals surface area contributed by atoms with Gasteiger partial charge in [0.1, 0.15) is 11.9 Å². The molecule has 2 saturated heterocycles. The van der Waals surface area contributed by atoms with Gasteiger partial charge in [0, 0.05) is 24.5 Å². The Labute approximate surface area is 166 Å². The number of hydrogen-bond donors (Lipinski definition) is 2. The number of fused-ring (bicyclic) bond motifs is 1. The minimum absolute atomic E-state index is 0.232. The number of carbonyl (C=O) groups is 1. The van der Waals surface area contributed by atoms with E-state index in [2.05, 4.69) is 5.32 Å². The maximum Gasteiger partial charge on any atom is 0.222 e. The molecule has 4 rings (SSSR count). The largest absolute Gasteiger partial charge is 0.488 e. The highest BCUT2D eigenvalue weighted by atomic mass is 35.5. The van der Waals surface area contributed by atoms with E-state index in [9.17, 15) is 9.90 Å². The van der Waals surface area contributed by atoms with Crippen LogP contribution in [0.15, 0.2) is 24.3 Å². The quantitative estimate of drug-likeness (QED) is 0.827.